The smallest absolute Gasteiger partial charge is 0.323 e. The van der Waals surface area contributed by atoms with Crippen LogP contribution in [0.25, 0.3) is 22.3 Å². The molecule has 0 spiro atoms. The largest absolute Gasteiger partial charge is 0.507 e. The van der Waals surface area contributed by atoms with Gasteiger partial charge < -0.3 is 15.1 Å². The molecule has 0 bridgehead atoms. The first-order chi connectivity index (χ1) is 16.8. The van der Waals surface area contributed by atoms with Crippen LogP contribution in [0.15, 0.2) is 72.1 Å². The lowest BCUT2D eigenvalue weighted by Crippen LogP contribution is -2.58. The summed E-state index contributed by atoms with van der Waals surface area (Å²) >= 11 is 0. The van der Waals surface area contributed by atoms with Crippen LogP contribution in [0.1, 0.15) is 0 Å². The van der Waals surface area contributed by atoms with E-state index in [4.69, 9.17) is 0 Å². The molecular formula is C23H20N6O5S. The number of piperazine rings is 1. The van der Waals surface area contributed by atoms with Crippen LogP contribution in [0, 0.1) is 0 Å². The van der Waals surface area contributed by atoms with E-state index in [2.05, 4.69) is 19.9 Å². The van der Waals surface area contributed by atoms with Crippen molar-refractivity contribution >= 4 is 33.0 Å². The number of carboxylic acid groups (broad SMARTS) is 1. The molecule has 1 aliphatic heterocycles. The van der Waals surface area contributed by atoms with E-state index in [9.17, 15) is 23.4 Å². The van der Waals surface area contributed by atoms with Crippen LogP contribution in [-0.4, -0.2) is 74.5 Å². The van der Waals surface area contributed by atoms with Gasteiger partial charge in [-0.15, -0.1) is 0 Å². The predicted molar refractivity (Wildman–Crippen MR) is 126 cm³/mol. The molecule has 2 aromatic carbocycles. The molecule has 11 nitrogen and oxygen atoms in total. The second-order valence-corrected chi connectivity index (χ2v) is 9.81. The van der Waals surface area contributed by atoms with Gasteiger partial charge >= 0.3 is 5.97 Å². The summed E-state index contributed by atoms with van der Waals surface area (Å²) in [6, 6.07) is 11.4. The maximum atomic E-state index is 13.4. The van der Waals surface area contributed by atoms with E-state index in [1.54, 1.807) is 41.3 Å². The number of aliphatic carboxylic acids is 1. The number of sulfonamides is 1. The second-order valence-electron chi connectivity index (χ2n) is 7.92. The molecule has 1 atom stereocenters. The number of carbonyl (C=O) groups is 1. The molecule has 5 rings (SSSR count). The number of hydrogen-bond acceptors (Lipinski definition) is 9. The second kappa shape index (κ2) is 8.89. The summed E-state index contributed by atoms with van der Waals surface area (Å²) in [7, 11) is -4.10. The van der Waals surface area contributed by atoms with Gasteiger partial charge in [0.15, 0.2) is 5.65 Å². The Bertz CT molecular complexity index is 1510. The summed E-state index contributed by atoms with van der Waals surface area (Å²) in [4.78, 5) is 30.4. The van der Waals surface area contributed by atoms with Gasteiger partial charge in [-0.2, -0.15) is 4.31 Å². The number of hydrogen-bond donors (Lipinski definition) is 2. The highest BCUT2D eigenvalue weighted by Crippen LogP contribution is 2.31. The Kier molecular flexibility index (Phi) is 5.75. The summed E-state index contributed by atoms with van der Waals surface area (Å²) in [5.74, 6) is -0.778. The van der Waals surface area contributed by atoms with Gasteiger partial charge in [-0.1, -0.05) is 30.3 Å². The molecule has 1 saturated heterocycles. The first-order valence-electron chi connectivity index (χ1n) is 10.7. The third-order valence-corrected chi connectivity index (χ3v) is 7.75. The SMILES string of the molecule is O=C(O)[C@H]1CN(c2cnc3cncnc3n2)CCN1S(=O)(=O)c1ccc(-c2ccccc2O)cc1. The third-order valence-electron chi connectivity index (χ3n) is 5.83. The number of aromatic hydroxyl groups is 1. The molecule has 0 amide bonds. The molecule has 35 heavy (non-hydrogen) atoms. The van der Waals surface area contributed by atoms with Gasteiger partial charge in [-0.3, -0.25) is 4.79 Å². The number of phenols is 1. The molecule has 1 fully saturated rings. The predicted octanol–water partition coefficient (Wildman–Crippen LogP) is 1.76. The molecule has 12 heteroatoms. The Labute approximate surface area is 200 Å². The van der Waals surface area contributed by atoms with E-state index in [0.29, 0.717) is 28.1 Å². The molecule has 1 aliphatic rings. The average molecular weight is 493 g/mol. The van der Waals surface area contributed by atoms with Crippen molar-refractivity contribution in [1.29, 1.82) is 0 Å². The molecule has 2 aromatic heterocycles. The topological polar surface area (TPSA) is 150 Å². The van der Waals surface area contributed by atoms with Crippen molar-refractivity contribution in [2.24, 2.45) is 0 Å². The van der Waals surface area contributed by atoms with Crippen LogP contribution in [0.3, 0.4) is 0 Å². The molecule has 4 aromatic rings. The lowest BCUT2D eigenvalue weighted by molar-refractivity contribution is -0.141. The minimum absolute atomic E-state index is 0.0291. The molecule has 0 radical (unpaired) electrons. The van der Waals surface area contributed by atoms with E-state index < -0.39 is 22.0 Å². The van der Waals surface area contributed by atoms with Crippen LogP contribution in [0.5, 0.6) is 5.75 Å². The van der Waals surface area contributed by atoms with Gasteiger partial charge in [-0.25, -0.2) is 28.4 Å². The van der Waals surface area contributed by atoms with Gasteiger partial charge in [0, 0.05) is 25.2 Å². The summed E-state index contributed by atoms with van der Waals surface area (Å²) < 4.78 is 27.8. The summed E-state index contributed by atoms with van der Waals surface area (Å²) in [6.07, 6.45) is 4.36. The summed E-state index contributed by atoms with van der Waals surface area (Å²) in [6.45, 7) is 0.0735. The minimum Gasteiger partial charge on any atom is -0.507 e. The zero-order valence-electron chi connectivity index (χ0n) is 18.3. The number of benzene rings is 2. The lowest BCUT2D eigenvalue weighted by Gasteiger charge is -2.38. The Morgan fingerprint density at radius 3 is 2.51 bits per heavy atom. The number of fused-ring (bicyclic) bond motifs is 1. The number of phenolic OH excluding ortho intramolecular Hbond substituents is 1. The van der Waals surface area contributed by atoms with Crippen LogP contribution < -0.4 is 4.90 Å². The minimum atomic E-state index is -4.10. The average Bonchev–Trinajstić information content (AvgIpc) is 2.88. The van der Waals surface area contributed by atoms with Gasteiger partial charge in [-0.05, 0) is 23.8 Å². The Hall–Kier alpha value is -4.16. The Morgan fingerprint density at radius 2 is 1.77 bits per heavy atom. The molecule has 2 N–H and O–H groups in total. The van der Waals surface area contributed by atoms with Gasteiger partial charge in [0.2, 0.25) is 10.0 Å². The fourth-order valence-corrected chi connectivity index (χ4v) is 5.60. The highest BCUT2D eigenvalue weighted by Gasteiger charge is 2.40. The van der Waals surface area contributed by atoms with Gasteiger partial charge in [0.25, 0.3) is 0 Å². The fraction of sp³-hybridized carbons (Fsp3) is 0.174. The zero-order chi connectivity index (χ0) is 24.6. The summed E-state index contributed by atoms with van der Waals surface area (Å²) in [5, 5.41) is 19.9. The van der Waals surface area contributed by atoms with Crippen molar-refractivity contribution in [2.75, 3.05) is 24.5 Å². The number of anilines is 1. The van der Waals surface area contributed by atoms with Crippen LogP contribution in [0.4, 0.5) is 5.82 Å². The molecule has 178 valence electrons. The normalized spacial score (nSPS) is 16.9. The quantitative estimate of drug-likeness (QED) is 0.422. The highest BCUT2D eigenvalue weighted by molar-refractivity contribution is 7.89. The number of carboxylic acids is 1. The van der Waals surface area contributed by atoms with Crippen molar-refractivity contribution in [1.82, 2.24) is 24.2 Å². The van der Waals surface area contributed by atoms with E-state index in [1.165, 1.54) is 30.9 Å². The fourth-order valence-electron chi connectivity index (χ4n) is 4.03. The number of nitrogens with zero attached hydrogens (tertiary/aromatic N) is 6. The van der Waals surface area contributed by atoms with E-state index in [-0.39, 0.29) is 30.3 Å². The number of rotatable bonds is 5. The monoisotopic (exact) mass is 492 g/mol. The first kappa shape index (κ1) is 22.6. The maximum absolute atomic E-state index is 13.4. The van der Waals surface area contributed by atoms with E-state index in [1.807, 2.05) is 0 Å². The van der Waals surface area contributed by atoms with Crippen molar-refractivity contribution in [3.05, 3.63) is 67.3 Å². The highest BCUT2D eigenvalue weighted by atomic mass is 32.2. The molecule has 0 saturated carbocycles. The molecule has 0 unspecified atom stereocenters. The lowest BCUT2D eigenvalue weighted by atomic mass is 10.1. The Morgan fingerprint density at radius 1 is 1.00 bits per heavy atom. The van der Waals surface area contributed by atoms with Gasteiger partial charge in [0.1, 0.15) is 29.5 Å². The first-order valence-corrected chi connectivity index (χ1v) is 12.1. The van der Waals surface area contributed by atoms with Crippen molar-refractivity contribution in [2.45, 2.75) is 10.9 Å². The standard InChI is InChI=1S/C23H20N6O5S/c30-20-4-2-1-3-17(20)15-5-7-16(8-6-15)35(33,34)29-10-9-28(13-19(29)23(31)32)21-12-25-18-11-24-14-26-22(18)27-21/h1-8,11-12,14,19,30H,9-10,13H2,(H,31,32)/t19-/m1/s1. The molecule has 3 heterocycles. The van der Waals surface area contributed by atoms with Crippen molar-refractivity contribution < 1.29 is 23.4 Å². The van der Waals surface area contributed by atoms with Gasteiger partial charge in [0.05, 0.1) is 17.3 Å². The molecule has 0 aliphatic carbocycles. The molecular weight excluding hydrogens is 472 g/mol. The zero-order valence-corrected chi connectivity index (χ0v) is 19.1. The summed E-state index contributed by atoms with van der Waals surface area (Å²) in [5.41, 5.74) is 2.07. The maximum Gasteiger partial charge on any atom is 0.323 e. The van der Waals surface area contributed by atoms with Crippen molar-refractivity contribution in [3.63, 3.8) is 0 Å². The van der Waals surface area contributed by atoms with E-state index in [0.717, 1.165) is 4.31 Å². The Balaban J connectivity index is 1.40. The van der Waals surface area contributed by atoms with Crippen LogP contribution >= 0.6 is 0 Å². The van der Waals surface area contributed by atoms with E-state index >= 15 is 0 Å². The number of para-hydroxylation sites is 1. The van der Waals surface area contributed by atoms with Crippen LogP contribution in [0.2, 0.25) is 0 Å². The third kappa shape index (κ3) is 4.24. The van der Waals surface area contributed by atoms with Crippen molar-refractivity contribution in [3.8, 4) is 16.9 Å². The van der Waals surface area contributed by atoms with Crippen LogP contribution in [-0.2, 0) is 14.8 Å². The number of aromatic nitrogens is 4.